The maximum Gasteiger partial charge on any atom is 0.319 e. The second-order valence-corrected chi connectivity index (χ2v) is 6.33. The summed E-state index contributed by atoms with van der Waals surface area (Å²) < 4.78 is 5.83. The lowest BCUT2D eigenvalue weighted by molar-refractivity contribution is 0.247. The van der Waals surface area contributed by atoms with Gasteiger partial charge < -0.3 is 20.3 Å². The maximum atomic E-state index is 12.2. The van der Waals surface area contributed by atoms with Gasteiger partial charge in [-0.3, -0.25) is 0 Å². The largest absolute Gasteiger partial charge is 0.489 e. The Morgan fingerprint density at radius 3 is 2.50 bits per heavy atom. The van der Waals surface area contributed by atoms with Crippen LogP contribution in [0.25, 0.3) is 0 Å². The fourth-order valence-corrected chi connectivity index (χ4v) is 2.76. The molecule has 2 rings (SSSR count). The smallest absolute Gasteiger partial charge is 0.319 e. The minimum atomic E-state index is -0.222. The number of hydrogen-bond acceptors (Lipinski definition) is 4. The van der Waals surface area contributed by atoms with Gasteiger partial charge in [-0.25, -0.2) is 4.79 Å². The van der Waals surface area contributed by atoms with Crippen LogP contribution >= 0.6 is 0 Å². The van der Waals surface area contributed by atoms with E-state index in [1.807, 2.05) is 48.5 Å². The van der Waals surface area contributed by atoms with Crippen molar-refractivity contribution in [2.45, 2.75) is 26.9 Å². The van der Waals surface area contributed by atoms with Crippen molar-refractivity contribution in [1.82, 2.24) is 10.2 Å². The Hall–Kier alpha value is -3.04. The predicted octanol–water partition coefficient (Wildman–Crippen LogP) is 3.79. The Kier molecular flexibility index (Phi) is 8.83. The minimum absolute atomic E-state index is 0.222. The summed E-state index contributed by atoms with van der Waals surface area (Å²) in [5.41, 5.74) is 2.57. The van der Waals surface area contributed by atoms with Crippen LogP contribution in [0.4, 0.5) is 10.5 Å². The first-order valence-corrected chi connectivity index (χ1v) is 9.60. The number of anilines is 1. The molecule has 2 N–H and O–H groups in total. The predicted molar refractivity (Wildman–Crippen MR) is 111 cm³/mol. The second kappa shape index (κ2) is 11.6. The summed E-state index contributed by atoms with van der Waals surface area (Å²) in [7, 11) is 0. The normalized spacial score (nSPS) is 10.4. The maximum absolute atomic E-state index is 12.2. The van der Waals surface area contributed by atoms with Gasteiger partial charge in [-0.05, 0) is 36.9 Å². The summed E-state index contributed by atoms with van der Waals surface area (Å²) in [6, 6.07) is 16.9. The number of nitrogens with one attached hydrogen (secondary N) is 2. The van der Waals surface area contributed by atoms with E-state index in [1.54, 1.807) is 0 Å². The van der Waals surface area contributed by atoms with E-state index >= 15 is 0 Å². The lowest BCUT2D eigenvalue weighted by Gasteiger charge is -2.18. The van der Waals surface area contributed by atoms with Gasteiger partial charge in [0.15, 0.2) is 0 Å². The molecule has 0 aliphatic rings. The van der Waals surface area contributed by atoms with Crippen molar-refractivity contribution in [3.05, 3.63) is 59.7 Å². The molecule has 0 spiro atoms. The quantitative estimate of drug-likeness (QED) is 0.657. The van der Waals surface area contributed by atoms with E-state index in [2.05, 4.69) is 35.5 Å². The number of carbonyl (C=O) groups is 1. The van der Waals surface area contributed by atoms with E-state index in [4.69, 9.17) is 10.00 Å². The fourth-order valence-electron chi connectivity index (χ4n) is 2.76. The van der Waals surface area contributed by atoms with Crippen molar-refractivity contribution < 1.29 is 9.53 Å². The van der Waals surface area contributed by atoms with Crippen molar-refractivity contribution in [3.63, 3.8) is 0 Å². The Morgan fingerprint density at radius 2 is 1.82 bits per heavy atom. The van der Waals surface area contributed by atoms with Crippen molar-refractivity contribution >= 4 is 11.7 Å². The third-order valence-corrected chi connectivity index (χ3v) is 4.47. The minimum Gasteiger partial charge on any atom is -0.489 e. The summed E-state index contributed by atoms with van der Waals surface area (Å²) in [6.07, 6.45) is 0.385. The van der Waals surface area contributed by atoms with Gasteiger partial charge in [0.1, 0.15) is 12.4 Å². The number of urea groups is 1. The number of amides is 2. The lowest BCUT2D eigenvalue weighted by Crippen LogP contribution is -2.37. The molecule has 0 radical (unpaired) electrons. The molecular formula is C22H28N4O2. The molecule has 0 heterocycles. The van der Waals surface area contributed by atoms with Gasteiger partial charge in [-0.15, -0.1) is 0 Å². The summed E-state index contributed by atoms with van der Waals surface area (Å²) in [6.45, 7) is 7.92. The van der Waals surface area contributed by atoms with Gasteiger partial charge in [0, 0.05) is 24.3 Å². The number of rotatable bonds is 10. The number of likely N-dealkylation sites (N-methyl/N-ethyl adjacent to an activating group) is 1. The molecule has 0 atom stereocenters. The number of nitriles is 1. The summed E-state index contributed by atoms with van der Waals surface area (Å²) in [5.74, 6) is 0.722. The highest BCUT2D eigenvalue weighted by molar-refractivity contribution is 5.90. The first-order chi connectivity index (χ1) is 13.7. The second-order valence-electron chi connectivity index (χ2n) is 6.33. The Bertz CT molecular complexity index is 780. The van der Waals surface area contributed by atoms with E-state index in [0.29, 0.717) is 19.6 Å². The third-order valence-electron chi connectivity index (χ3n) is 4.47. The lowest BCUT2D eigenvalue weighted by atomic mass is 10.1. The molecule has 28 heavy (non-hydrogen) atoms. The van der Waals surface area contributed by atoms with Gasteiger partial charge in [-0.2, -0.15) is 5.26 Å². The molecule has 0 aromatic heterocycles. The molecule has 0 aliphatic heterocycles. The zero-order chi connectivity index (χ0) is 20.2. The Balaban J connectivity index is 1.88. The zero-order valence-corrected chi connectivity index (χ0v) is 16.6. The van der Waals surface area contributed by atoms with Crippen LogP contribution in [0, 0.1) is 11.3 Å². The van der Waals surface area contributed by atoms with E-state index in [9.17, 15) is 4.79 Å². The average molecular weight is 380 g/mol. The van der Waals surface area contributed by atoms with Gasteiger partial charge in [0.05, 0.1) is 12.5 Å². The molecule has 2 amide bonds. The molecule has 0 fully saturated rings. The molecule has 2 aromatic carbocycles. The van der Waals surface area contributed by atoms with Gasteiger partial charge in [-0.1, -0.05) is 44.2 Å². The molecule has 148 valence electrons. The van der Waals surface area contributed by atoms with Crippen LogP contribution in [0.5, 0.6) is 5.75 Å². The molecule has 2 aromatic rings. The van der Waals surface area contributed by atoms with Crippen LogP contribution in [-0.4, -0.2) is 37.1 Å². The highest BCUT2D eigenvalue weighted by Gasteiger charge is 2.08. The van der Waals surface area contributed by atoms with Crippen molar-refractivity contribution in [3.8, 4) is 11.8 Å². The number of para-hydroxylation sites is 1. The van der Waals surface area contributed by atoms with Gasteiger partial charge >= 0.3 is 6.03 Å². The Morgan fingerprint density at radius 1 is 1.11 bits per heavy atom. The molecule has 0 aliphatic carbocycles. The number of nitrogens with zero attached hydrogens (tertiary/aromatic N) is 2. The third kappa shape index (κ3) is 6.93. The number of ether oxygens (including phenoxy) is 1. The van der Waals surface area contributed by atoms with Crippen LogP contribution in [-0.2, 0) is 13.0 Å². The summed E-state index contributed by atoms with van der Waals surface area (Å²) in [4.78, 5) is 14.4. The van der Waals surface area contributed by atoms with Crippen molar-refractivity contribution in [2.24, 2.45) is 0 Å². The van der Waals surface area contributed by atoms with Crippen LogP contribution in [0.15, 0.2) is 48.5 Å². The molecule has 0 saturated heterocycles. The van der Waals surface area contributed by atoms with Crippen LogP contribution < -0.4 is 15.4 Å². The SMILES string of the molecule is CCN(CC)CCNC(=O)Nc1ccccc1COc1ccc(CC#N)cc1. The Labute approximate surface area is 167 Å². The molecular weight excluding hydrogens is 352 g/mol. The number of hydrogen-bond donors (Lipinski definition) is 2. The molecule has 6 heteroatoms. The van der Waals surface area contributed by atoms with Crippen LogP contribution in [0.1, 0.15) is 25.0 Å². The standard InChI is InChI=1S/C22H28N4O2/c1-3-26(4-2)16-15-24-22(27)25-21-8-6-5-7-19(21)17-28-20-11-9-18(10-12-20)13-14-23/h5-12H,3-4,13,15-17H2,1-2H3,(H2,24,25,27). The van der Waals surface area contributed by atoms with Crippen molar-refractivity contribution in [1.29, 1.82) is 5.26 Å². The van der Waals surface area contributed by atoms with E-state index in [0.717, 1.165) is 42.2 Å². The first-order valence-electron chi connectivity index (χ1n) is 9.60. The highest BCUT2D eigenvalue weighted by Crippen LogP contribution is 2.19. The van der Waals surface area contributed by atoms with Gasteiger partial charge in [0.2, 0.25) is 0 Å². The van der Waals surface area contributed by atoms with Crippen LogP contribution in [0.3, 0.4) is 0 Å². The van der Waals surface area contributed by atoms with E-state index in [1.165, 1.54) is 0 Å². The summed E-state index contributed by atoms with van der Waals surface area (Å²) in [5, 5.41) is 14.5. The topological polar surface area (TPSA) is 77.4 Å². The highest BCUT2D eigenvalue weighted by atomic mass is 16.5. The molecule has 0 unspecified atom stereocenters. The van der Waals surface area contributed by atoms with Crippen molar-refractivity contribution in [2.75, 3.05) is 31.5 Å². The van der Waals surface area contributed by atoms with Gasteiger partial charge in [0.25, 0.3) is 0 Å². The molecule has 0 bridgehead atoms. The monoisotopic (exact) mass is 380 g/mol. The average Bonchev–Trinajstić information content (AvgIpc) is 2.72. The fraction of sp³-hybridized carbons (Fsp3) is 0.364. The zero-order valence-electron chi connectivity index (χ0n) is 16.6. The summed E-state index contributed by atoms with van der Waals surface area (Å²) >= 11 is 0. The molecule has 0 saturated carbocycles. The first kappa shape index (κ1) is 21.3. The van der Waals surface area contributed by atoms with Crippen LogP contribution in [0.2, 0.25) is 0 Å². The van der Waals surface area contributed by atoms with E-state index in [-0.39, 0.29) is 6.03 Å². The number of benzene rings is 2. The number of carbonyl (C=O) groups excluding carboxylic acids is 1. The van der Waals surface area contributed by atoms with E-state index < -0.39 is 0 Å². The molecule has 6 nitrogen and oxygen atoms in total.